The van der Waals surface area contributed by atoms with Gasteiger partial charge in [0.05, 0.1) is 6.67 Å². The topological polar surface area (TPSA) is 9.72 Å². The Morgan fingerprint density at radius 3 is 2.13 bits per heavy atom. The van der Waals surface area contributed by atoms with Gasteiger partial charge in [-0.1, -0.05) is 13.3 Å². The van der Waals surface area contributed by atoms with Crippen LogP contribution in [0.2, 0.25) is 0 Å². The molecule has 1 saturated heterocycles. The molecule has 0 amide bonds. The predicted molar refractivity (Wildman–Crippen MR) is 64.0 cm³/mol. The first-order valence-electron chi connectivity index (χ1n) is 6.44. The number of rotatable bonds is 4. The van der Waals surface area contributed by atoms with E-state index in [4.69, 9.17) is 0 Å². The lowest BCUT2D eigenvalue weighted by Gasteiger charge is -2.41. The smallest absolute Gasteiger partial charge is 0.0507 e. The van der Waals surface area contributed by atoms with E-state index in [1.165, 1.54) is 58.7 Å². The van der Waals surface area contributed by atoms with Crippen molar-refractivity contribution < 1.29 is 0 Å². The molecule has 0 radical (unpaired) electrons. The van der Waals surface area contributed by atoms with E-state index in [9.17, 15) is 0 Å². The average Bonchev–Trinajstić information content (AvgIpc) is 2.16. The molecule has 0 aromatic carbocycles. The third kappa shape index (κ3) is 2.92. The SMILES string of the molecule is CCN1CCN(CN(C)C2CCC2)CC1. The van der Waals surface area contributed by atoms with Crippen molar-refractivity contribution in [2.45, 2.75) is 32.2 Å². The fraction of sp³-hybridized carbons (Fsp3) is 1.00. The first-order valence-corrected chi connectivity index (χ1v) is 6.44. The first kappa shape index (κ1) is 11.4. The van der Waals surface area contributed by atoms with Crippen LogP contribution in [0.25, 0.3) is 0 Å². The minimum absolute atomic E-state index is 0.884. The van der Waals surface area contributed by atoms with Crippen molar-refractivity contribution in [3.63, 3.8) is 0 Å². The highest BCUT2D eigenvalue weighted by Crippen LogP contribution is 2.23. The highest BCUT2D eigenvalue weighted by Gasteiger charge is 2.24. The van der Waals surface area contributed by atoms with Crippen molar-refractivity contribution in [2.75, 3.05) is 46.4 Å². The summed E-state index contributed by atoms with van der Waals surface area (Å²) in [7, 11) is 2.29. The molecule has 1 aliphatic heterocycles. The minimum Gasteiger partial charge on any atom is -0.301 e. The summed E-state index contributed by atoms with van der Waals surface area (Å²) in [5, 5.41) is 0. The normalized spacial score (nSPS) is 25.8. The van der Waals surface area contributed by atoms with Crippen LogP contribution in [0, 0.1) is 0 Å². The molecule has 3 nitrogen and oxygen atoms in total. The summed E-state index contributed by atoms with van der Waals surface area (Å²) in [6.07, 6.45) is 4.29. The molecule has 0 bridgehead atoms. The molecular formula is C12H25N3. The van der Waals surface area contributed by atoms with E-state index >= 15 is 0 Å². The summed E-state index contributed by atoms with van der Waals surface area (Å²) in [6.45, 7) is 9.69. The molecular weight excluding hydrogens is 186 g/mol. The maximum Gasteiger partial charge on any atom is 0.0507 e. The third-order valence-electron chi connectivity index (χ3n) is 4.03. The van der Waals surface area contributed by atoms with Crippen molar-refractivity contribution in [3.05, 3.63) is 0 Å². The predicted octanol–water partition coefficient (Wildman–Crippen LogP) is 1.07. The Hall–Kier alpha value is -0.120. The van der Waals surface area contributed by atoms with Crippen LogP contribution in [0.5, 0.6) is 0 Å². The van der Waals surface area contributed by atoms with Crippen LogP contribution in [0.3, 0.4) is 0 Å². The zero-order valence-corrected chi connectivity index (χ0v) is 10.3. The average molecular weight is 211 g/mol. The second-order valence-corrected chi connectivity index (χ2v) is 5.04. The Labute approximate surface area is 94.0 Å². The maximum absolute atomic E-state index is 2.60. The van der Waals surface area contributed by atoms with Crippen LogP contribution >= 0.6 is 0 Å². The van der Waals surface area contributed by atoms with Gasteiger partial charge in [-0.2, -0.15) is 0 Å². The molecule has 15 heavy (non-hydrogen) atoms. The molecule has 0 N–H and O–H groups in total. The summed E-state index contributed by atoms with van der Waals surface area (Å²) in [4.78, 5) is 7.69. The monoisotopic (exact) mass is 211 g/mol. The van der Waals surface area contributed by atoms with E-state index in [1.54, 1.807) is 0 Å². The lowest BCUT2D eigenvalue weighted by molar-refractivity contribution is 0.0479. The Bertz CT molecular complexity index is 183. The molecule has 2 aliphatic rings. The molecule has 1 heterocycles. The van der Waals surface area contributed by atoms with E-state index < -0.39 is 0 Å². The lowest BCUT2D eigenvalue weighted by atomic mass is 9.92. The van der Waals surface area contributed by atoms with Gasteiger partial charge in [0.2, 0.25) is 0 Å². The maximum atomic E-state index is 2.60. The second kappa shape index (κ2) is 5.28. The number of piperazine rings is 1. The second-order valence-electron chi connectivity index (χ2n) is 5.04. The summed E-state index contributed by atoms with van der Waals surface area (Å²) in [5.41, 5.74) is 0. The molecule has 2 rings (SSSR count). The van der Waals surface area contributed by atoms with Gasteiger partial charge in [0.25, 0.3) is 0 Å². The largest absolute Gasteiger partial charge is 0.301 e. The fourth-order valence-electron chi connectivity index (χ4n) is 2.51. The zero-order chi connectivity index (χ0) is 10.7. The highest BCUT2D eigenvalue weighted by molar-refractivity contribution is 4.79. The lowest BCUT2D eigenvalue weighted by Crippen LogP contribution is -2.51. The van der Waals surface area contributed by atoms with Gasteiger partial charge >= 0.3 is 0 Å². The quantitative estimate of drug-likeness (QED) is 0.688. The number of hydrogen-bond donors (Lipinski definition) is 0. The number of hydrogen-bond acceptors (Lipinski definition) is 3. The fourth-order valence-corrected chi connectivity index (χ4v) is 2.51. The molecule has 0 aromatic heterocycles. The van der Waals surface area contributed by atoms with Crippen molar-refractivity contribution in [3.8, 4) is 0 Å². The van der Waals surface area contributed by atoms with Gasteiger partial charge in [-0.3, -0.25) is 9.80 Å². The molecule has 1 saturated carbocycles. The molecule has 2 fully saturated rings. The van der Waals surface area contributed by atoms with Crippen LogP contribution < -0.4 is 0 Å². The van der Waals surface area contributed by atoms with Gasteiger partial charge in [0, 0.05) is 32.2 Å². The van der Waals surface area contributed by atoms with E-state index in [0.717, 1.165) is 6.04 Å². The number of nitrogens with zero attached hydrogens (tertiary/aromatic N) is 3. The van der Waals surface area contributed by atoms with Crippen LogP contribution in [0.1, 0.15) is 26.2 Å². The zero-order valence-electron chi connectivity index (χ0n) is 10.3. The van der Waals surface area contributed by atoms with Gasteiger partial charge < -0.3 is 4.90 Å². The van der Waals surface area contributed by atoms with E-state index in [2.05, 4.69) is 28.7 Å². The summed E-state index contributed by atoms with van der Waals surface area (Å²) >= 11 is 0. The van der Waals surface area contributed by atoms with Crippen LogP contribution in [0.4, 0.5) is 0 Å². The standard InChI is InChI=1S/C12H25N3/c1-3-14-7-9-15(10-8-14)11-13(2)12-5-4-6-12/h12H,3-11H2,1-2H3. The summed E-state index contributed by atoms with van der Waals surface area (Å²) in [5.74, 6) is 0. The van der Waals surface area contributed by atoms with Gasteiger partial charge in [0.1, 0.15) is 0 Å². The molecule has 1 aliphatic carbocycles. The van der Waals surface area contributed by atoms with Crippen LogP contribution in [-0.2, 0) is 0 Å². The van der Waals surface area contributed by atoms with Crippen molar-refractivity contribution in [2.24, 2.45) is 0 Å². The Kier molecular flexibility index (Phi) is 4.00. The van der Waals surface area contributed by atoms with Crippen molar-refractivity contribution in [1.29, 1.82) is 0 Å². The molecule has 0 atom stereocenters. The highest BCUT2D eigenvalue weighted by atomic mass is 15.3. The Balaban J connectivity index is 1.67. The molecule has 0 unspecified atom stereocenters. The number of likely N-dealkylation sites (N-methyl/N-ethyl adjacent to an activating group) is 1. The van der Waals surface area contributed by atoms with E-state index in [-0.39, 0.29) is 0 Å². The van der Waals surface area contributed by atoms with Gasteiger partial charge in [-0.15, -0.1) is 0 Å². The van der Waals surface area contributed by atoms with Crippen LogP contribution in [-0.4, -0.2) is 67.2 Å². The van der Waals surface area contributed by atoms with Gasteiger partial charge in [0.15, 0.2) is 0 Å². The molecule has 88 valence electrons. The molecule has 0 spiro atoms. The van der Waals surface area contributed by atoms with Crippen LogP contribution in [0.15, 0.2) is 0 Å². The van der Waals surface area contributed by atoms with E-state index in [1.807, 2.05) is 0 Å². The van der Waals surface area contributed by atoms with Crippen molar-refractivity contribution >= 4 is 0 Å². The first-order chi connectivity index (χ1) is 7.29. The third-order valence-corrected chi connectivity index (χ3v) is 4.03. The Morgan fingerprint density at radius 1 is 1.07 bits per heavy atom. The van der Waals surface area contributed by atoms with Crippen molar-refractivity contribution in [1.82, 2.24) is 14.7 Å². The summed E-state index contributed by atoms with van der Waals surface area (Å²) < 4.78 is 0. The van der Waals surface area contributed by atoms with E-state index in [0.29, 0.717) is 0 Å². The minimum atomic E-state index is 0.884. The Morgan fingerprint density at radius 2 is 1.67 bits per heavy atom. The summed E-state index contributed by atoms with van der Waals surface area (Å²) in [6, 6.07) is 0.884. The van der Waals surface area contributed by atoms with Gasteiger partial charge in [-0.05, 0) is 26.4 Å². The molecule has 0 aromatic rings. The van der Waals surface area contributed by atoms with Gasteiger partial charge in [-0.25, -0.2) is 0 Å². The molecule has 3 heteroatoms.